The zero-order chi connectivity index (χ0) is 13.7. The Morgan fingerprint density at radius 2 is 1.85 bits per heavy atom. The van der Waals surface area contributed by atoms with Crippen LogP contribution in [0.5, 0.6) is 0 Å². The molecule has 3 heterocycles. The number of carbonyl (C=O) groups excluding carboxylic acids is 2. The van der Waals surface area contributed by atoms with E-state index in [1.165, 1.54) is 16.2 Å². The fraction of sp³-hybridized carbons (Fsp3) is 0.214. The summed E-state index contributed by atoms with van der Waals surface area (Å²) in [7, 11) is 0. The van der Waals surface area contributed by atoms with Crippen molar-refractivity contribution in [1.29, 1.82) is 0 Å². The summed E-state index contributed by atoms with van der Waals surface area (Å²) in [6.07, 6.45) is 0.842. The van der Waals surface area contributed by atoms with Crippen LogP contribution in [0.25, 0.3) is 0 Å². The Morgan fingerprint density at radius 1 is 1.15 bits per heavy atom. The van der Waals surface area contributed by atoms with Crippen LogP contribution in [0.15, 0.2) is 24.3 Å². The largest absolute Gasteiger partial charge is 0.311 e. The summed E-state index contributed by atoms with van der Waals surface area (Å²) in [5.74, 6) is -0.547. The minimum absolute atomic E-state index is 0.273. The second-order valence-electron chi connectivity index (χ2n) is 4.78. The Labute approximate surface area is 119 Å². The van der Waals surface area contributed by atoms with Gasteiger partial charge in [0.1, 0.15) is 0 Å². The number of rotatable bonds is 1. The number of amides is 2. The number of anilines is 1. The van der Waals surface area contributed by atoms with E-state index in [-0.39, 0.29) is 11.8 Å². The molecule has 0 saturated heterocycles. The molecule has 0 bridgehead atoms. The van der Waals surface area contributed by atoms with Crippen molar-refractivity contribution in [3.05, 3.63) is 46.0 Å². The third-order valence-corrected chi connectivity index (χ3v) is 4.66. The predicted molar refractivity (Wildman–Crippen MR) is 75.1 cm³/mol. The van der Waals surface area contributed by atoms with Gasteiger partial charge in [0.15, 0.2) is 5.13 Å². The monoisotopic (exact) mass is 285 g/mol. The van der Waals surface area contributed by atoms with Gasteiger partial charge in [-0.3, -0.25) is 9.59 Å². The number of imide groups is 1. The summed E-state index contributed by atoms with van der Waals surface area (Å²) in [6.45, 7) is 1.65. The van der Waals surface area contributed by atoms with Gasteiger partial charge < -0.3 is 5.32 Å². The number of nitrogens with zero attached hydrogens (tertiary/aromatic N) is 2. The number of hydrogen-bond acceptors (Lipinski definition) is 5. The van der Waals surface area contributed by atoms with Crippen LogP contribution >= 0.6 is 11.3 Å². The van der Waals surface area contributed by atoms with Crippen LogP contribution in [-0.4, -0.2) is 23.3 Å². The molecule has 0 saturated carbocycles. The van der Waals surface area contributed by atoms with E-state index in [0.29, 0.717) is 16.3 Å². The number of benzene rings is 1. The molecule has 0 aliphatic carbocycles. The summed E-state index contributed by atoms with van der Waals surface area (Å²) in [5, 5.41) is 3.76. The predicted octanol–water partition coefficient (Wildman–Crippen LogP) is 1.59. The fourth-order valence-electron chi connectivity index (χ4n) is 2.57. The van der Waals surface area contributed by atoms with Crippen molar-refractivity contribution in [3.8, 4) is 0 Å². The molecule has 2 aliphatic heterocycles. The Balaban J connectivity index is 1.79. The highest BCUT2D eigenvalue weighted by Crippen LogP contribution is 2.33. The van der Waals surface area contributed by atoms with Gasteiger partial charge in [-0.2, -0.15) is 0 Å². The first kappa shape index (κ1) is 11.7. The van der Waals surface area contributed by atoms with Crippen LogP contribution < -0.4 is 10.2 Å². The van der Waals surface area contributed by atoms with Crippen molar-refractivity contribution in [2.45, 2.75) is 13.0 Å². The summed E-state index contributed by atoms with van der Waals surface area (Å²) in [4.78, 5) is 31.5. The zero-order valence-electron chi connectivity index (χ0n) is 10.5. The van der Waals surface area contributed by atoms with Gasteiger partial charge in [0, 0.05) is 24.4 Å². The van der Waals surface area contributed by atoms with E-state index in [9.17, 15) is 9.59 Å². The molecule has 0 fully saturated rings. The van der Waals surface area contributed by atoms with E-state index in [0.717, 1.165) is 30.1 Å². The number of aromatic nitrogens is 1. The van der Waals surface area contributed by atoms with Gasteiger partial charge in [-0.1, -0.05) is 23.5 Å². The molecule has 6 heteroatoms. The number of hydrogen-bond donors (Lipinski definition) is 1. The SMILES string of the molecule is O=C1c2ccccc2C(=O)N1c1nc2c(s1)CNCC2. The standard InChI is InChI=1S/C14H11N3O2S/c18-12-8-3-1-2-4-9(8)13(19)17(12)14-16-10-5-6-15-7-11(10)20-14/h1-4,15H,5-7H2. The highest BCUT2D eigenvalue weighted by Gasteiger charge is 2.38. The van der Waals surface area contributed by atoms with Crippen molar-refractivity contribution in [2.24, 2.45) is 0 Å². The van der Waals surface area contributed by atoms with Crippen LogP contribution in [-0.2, 0) is 13.0 Å². The quantitative estimate of drug-likeness (QED) is 0.808. The van der Waals surface area contributed by atoms with Crippen molar-refractivity contribution in [3.63, 3.8) is 0 Å². The zero-order valence-corrected chi connectivity index (χ0v) is 11.4. The van der Waals surface area contributed by atoms with Crippen LogP contribution in [0.3, 0.4) is 0 Å². The third kappa shape index (κ3) is 1.55. The Hall–Kier alpha value is -2.05. The number of nitrogens with one attached hydrogen (secondary N) is 1. The van der Waals surface area contributed by atoms with Crippen LogP contribution in [0.2, 0.25) is 0 Å². The lowest BCUT2D eigenvalue weighted by molar-refractivity contribution is 0.0926. The van der Waals surface area contributed by atoms with Crippen molar-refractivity contribution < 1.29 is 9.59 Å². The smallest absolute Gasteiger partial charge is 0.268 e. The highest BCUT2D eigenvalue weighted by molar-refractivity contribution is 7.16. The van der Waals surface area contributed by atoms with Gasteiger partial charge in [-0.25, -0.2) is 9.88 Å². The lowest BCUT2D eigenvalue weighted by atomic mass is 10.1. The average Bonchev–Trinajstić information content (AvgIpc) is 3.00. The number of fused-ring (bicyclic) bond motifs is 2. The van der Waals surface area contributed by atoms with Crippen LogP contribution in [0, 0.1) is 0 Å². The van der Waals surface area contributed by atoms with E-state index in [2.05, 4.69) is 10.3 Å². The highest BCUT2D eigenvalue weighted by atomic mass is 32.1. The molecule has 5 nitrogen and oxygen atoms in total. The molecule has 100 valence electrons. The summed E-state index contributed by atoms with van der Waals surface area (Å²) >= 11 is 1.42. The van der Waals surface area contributed by atoms with Gasteiger partial charge in [-0.05, 0) is 12.1 Å². The first-order valence-electron chi connectivity index (χ1n) is 6.43. The average molecular weight is 285 g/mol. The Kier molecular flexibility index (Phi) is 2.48. The van der Waals surface area contributed by atoms with Gasteiger partial charge in [0.25, 0.3) is 11.8 Å². The maximum Gasteiger partial charge on any atom is 0.268 e. The van der Waals surface area contributed by atoms with Crippen LogP contribution in [0.1, 0.15) is 31.3 Å². The molecule has 1 aromatic carbocycles. The second kappa shape index (κ2) is 4.22. The lowest BCUT2D eigenvalue weighted by Crippen LogP contribution is -2.29. The molecule has 2 aliphatic rings. The van der Waals surface area contributed by atoms with Crippen molar-refractivity contribution >= 4 is 28.3 Å². The van der Waals surface area contributed by atoms with Crippen molar-refractivity contribution in [1.82, 2.24) is 10.3 Å². The van der Waals surface area contributed by atoms with E-state index < -0.39 is 0 Å². The van der Waals surface area contributed by atoms with Crippen LogP contribution in [0.4, 0.5) is 5.13 Å². The molecule has 0 atom stereocenters. The fourth-order valence-corrected chi connectivity index (χ4v) is 3.64. The van der Waals surface area contributed by atoms with Gasteiger partial charge in [0.2, 0.25) is 0 Å². The minimum Gasteiger partial charge on any atom is -0.311 e. The summed E-state index contributed by atoms with van der Waals surface area (Å²) in [5.41, 5.74) is 1.92. The number of carbonyl (C=O) groups is 2. The maximum atomic E-state index is 12.4. The second-order valence-corrected chi connectivity index (χ2v) is 5.85. The molecule has 0 radical (unpaired) electrons. The molecule has 2 amide bonds. The lowest BCUT2D eigenvalue weighted by Gasteiger charge is -2.09. The van der Waals surface area contributed by atoms with Gasteiger partial charge >= 0.3 is 0 Å². The molecule has 20 heavy (non-hydrogen) atoms. The normalized spacial score (nSPS) is 17.3. The van der Waals surface area contributed by atoms with E-state index in [1.54, 1.807) is 24.3 Å². The number of thiazole rings is 1. The Bertz CT molecular complexity index is 679. The topological polar surface area (TPSA) is 62.3 Å². The molecule has 2 aromatic rings. The molecule has 4 rings (SSSR count). The Morgan fingerprint density at radius 3 is 2.50 bits per heavy atom. The molecule has 0 spiro atoms. The first-order chi connectivity index (χ1) is 9.75. The van der Waals surface area contributed by atoms with Gasteiger partial charge in [-0.15, -0.1) is 0 Å². The third-order valence-electron chi connectivity index (χ3n) is 3.58. The molecule has 1 N–H and O–H groups in total. The summed E-state index contributed by atoms with van der Waals surface area (Å²) in [6, 6.07) is 6.91. The van der Waals surface area contributed by atoms with Gasteiger partial charge in [0.05, 0.1) is 16.8 Å². The molecular formula is C14H11N3O2S. The minimum atomic E-state index is -0.273. The molecule has 1 aromatic heterocycles. The molecule has 0 unspecified atom stereocenters. The first-order valence-corrected chi connectivity index (χ1v) is 7.24. The maximum absolute atomic E-state index is 12.4. The van der Waals surface area contributed by atoms with E-state index >= 15 is 0 Å². The van der Waals surface area contributed by atoms with E-state index in [4.69, 9.17) is 0 Å². The summed E-state index contributed by atoms with van der Waals surface area (Å²) < 4.78 is 0. The molecular weight excluding hydrogens is 274 g/mol. The van der Waals surface area contributed by atoms with Crippen molar-refractivity contribution in [2.75, 3.05) is 11.4 Å². The van der Waals surface area contributed by atoms with E-state index in [1.807, 2.05) is 0 Å².